The van der Waals surface area contributed by atoms with Crippen LogP contribution in [0.15, 0.2) is 12.1 Å². The molecule has 2 rings (SSSR count). The zero-order valence-electron chi connectivity index (χ0n) is 11.0. The Hall–Kier alpha value is -1.20. The molecule has 0 amide bonds. The molecule has 1 aliphatic rings. The molecule has 2 heterocycles. The summed E-state index contributed by atoms with van der Waals surface area (Å²) in [4.78, 5) is 0. The molecule has 0 bridgehead atoms. The van der Waals surface area contributed by atoms with Gasteiger partial charge in [-0.2, -0.15) is 5.10 Å². The van der Waals surface area contributed by atoms with Crippen molar-refractivity contribution in [2.45, 2.75) is 32.3 Å². The number of rotatable bonds is 6. The summed E-state index contributed by atoms with van der Waals surface area (Å²) in [6.45, 7) is 5.80. The minimum Gasteiger partial charge on any atom is -0.378 e. The lowest BCUT2D eigenvalue weighted by atomic mass is 10.1. The smallest absolute Gasteiger partial charge is 0.148 e. The Morgan fingerprint density at radius 2 is 2.17 bits per heavy atom. The summed E-state index contributed by atoms with van der Waals surface area (Å²) in [5.41, 5.74) is 0.940. The van der Waals surface area contributed by atoms with E-state index < -0.39 is 0 Å². The maximum atomic E-state index is 5.82. The van der Waals surface area contributed by atoms with Crippen molar-refractivity contribution in [3.05, 3.63) is 17.8 Å². The first kappa shape index (κ1) is 13.2. The summed E-state index contributed by atoms with van der Waals surface area (Å²) in [6, 6.07) is 3.91. The molecule has 0 aliphatic carbocycles. The minimum absolute atomic E-state index is 0.449. The SMILES string of the molecule is Cc1ccc(NCCCOC2CCNCC2)nn1. The first-order valence-corrected chi connectivity index (χ1v) is 6.71. The maximum Gasteiger partial charge on any atom is 0.148 e. The summed E-state index contributed by atoms with van der Waals surface area (Å²) >= 11 is 0. The lowest BCUT2D eigenvalue weighted by Gasteiger charge is -2.22. The van der Waals surface area contributed by atoms with Gasteiger partial charge in [-0.1, -0.05) is 0 Å². The van der Waals surface area contributed by atoms with E-state index in [-0.39, 0.29) is 0 Å². The van der Waals surface area contributed by atoms with E-state index in [0.717, 1.165) is 57.0 Å². The van der Waals surface area contributed by atoms with Gasteiger partial charge < -0.3 is 15.4 Å². The second kappa shape index (κ2) is 7.28. The van der Waals surface area contributed by atoms with Gasteiger partial charge in [0.05, 0.1) is 11.8 Å². The van der Waals surface area contributed by atoms with Gasteiger partial charge >= 0.3 is 0 Å². The molecule has 0 unspecified atom stereocenters. The average molecular weight is 250 g/mol. The quantitative estimate of drug-likeness (QED) is 0.746. The standard InChI is InChI=1S/C13H22N4O/c1-11-3-4-13(17-16-11)15-7-2-10-18-12-5-8-14-9-6-12/h3-4,12,14H,2,5-10H2,1H3,(H,15,17). The largest absolute Gasteiger partial charge is 0.378 e. The highest BCUT2D eigenvalue weighted by Crippen LogP contribution is 2.07. The van der Waals surface area contributed by atoms with Gasteiger partial charge in [0.25, 0.3) is 0 Å². The van der Waals surface area contributed by atoms with Gasteiger partial charge in [0.15, 0.2) is 0 Å². The van der Waals surface area contributed by atoms with Crippen LogP contribution in [-0.2, 0) is 4.74 Å². The highest BCUT2D eigenvalue weighted by atomic mass is 16.5. The van der Waals surface area contributed by atoms with E-state index in [4.69, 9.17) is 4.74 Å². The Bertz CT molecular complexity index is 335. The second-order valence-electron chi connectivity index (χ2n) is 4.66. The molecule has 0 spiro atoms. The van der Waals surface area contributed by atoms with Gasteiger partial charge in [-0.3, -0.25) is 0 Å². The first-order valence-electron chi connectivity index (χ1n) is 6.71. The van der Waals surface area contributed by atoms with Crippen LogP contribution in [0.5, 0.6) is 0 Å². The van der Waals surface area contributed by atoms with E-state index in [1.54, 1.807) is 0 Å². The topological polar surface area (TPSA) is 59.1 Å². The zero-order valence-corrected chi connectivity index (χ0v) is 11.0. The minimum atomic E-state index is 0.449. The van der Waals surface area contributed by atoms with E-state index in [2.05, 4.69) is 20.8 Å². The van der Waals surface area contributed by atoms with Crippen molar-refractivity contribution in [2.24, 2.45) is 0 Å². The molecule has 18 heavy (non-hydrogen) atoms. The summed E-state index contributed by atoms with van der Waals surface area (Å²) < 4.78 is 5.82. The molecular weight excluding hydrogens is 228 g/mol. The van der Waals surface area contributed by atoms with Crippen molar-refractivity contribution in [2.75, 3.05) is 31.6 Å². The van der Waals surface area contributed by atoms with E-state index in [1.165, 1.54) is 0 Å². The Labute approximate surface area is 108 Å². The van der Waals surface area contributed by atoms with Crippen molar-refractivity contribution in [1.82, 2.24) is 15.5 Å². The molecule has 0 saturated carbocycles. The van der Waals surface area contributed by atoms with Gasteiger partial charge in [0.2, 0.25) is 0 Å². The molecule has 2 N–H and O–H groups in total. The van der Waals surface area contributed by atoms with Gasteiger partial charge in [-0.15, -0.1) is 5.10 Å². The fourth-order valence-corrected chi connectivity index (χ4v) is 1.99. The molecule has 5 nitrogen and oxygen atoms in total. The van der Waals surface area contributed by atoms with Crippen LogP contribution < -0.4 is 10.6 Å². The van der Waals surface area contributed by atoms with Crippen LogP contribution in [0.4, 0.5) is 5.82 Å². The lowest BCUT2D eigenvalue weighted by molar-refractivity contribution is 0.0329. The van der Waals surface area contributed by atoms with E-state index in [0.29, 0.717) is 6.10 Å². The fraction of sp³-hybridized carbons (Fsp3) is 0.692. The Morgan fingerprint density at radius 1 is 1.33 bits per heavy atom. The van der Waals surface area contributed by atoms with Gasteiger partial charge in [-0.05, 0) is 51.4 Å². The van der Waals surface area contributed by atoms with Crippen molar-refractivity contribution in [1.29, 1.82) is 0 Å². The van der Waals surface area contributed by atoms with Crippen molar-refractivity contribution < 1.29 is 4.74 Å². The number of hydrogen-bond acceptors (Lipinski definition) is 5. The van der Waals surface area contributed by atoms with Crippen LogP contribution in [0.25, 0.3) is 0 Å². The normalized spacial score (nSPS) is 16.7. The van der Waals surface area contributed by atoms with E-state index in [1.807, 2.05) is 19.1 Å². The van der Waals surface area contributed by atoms with E-state index in [9.17, 15) is 0 Å². The third kappa shape index (κ3) is 4.58. The molecule has 1 saturated heterocycles. The molecular formula is C13H22N4O. The number of hydrogen-bond donors (Lipinski definition) is 2. The molecule has 1 aromatic rings. The summed E-state index contributed by atoms with van der Waals surface area (Å²) in [5.74, 6) is 0.836. The molecule has 1 aliphatic heterocycles. The van der Waals surface area contributed by atoms with Crippen LogP contribution in [0.1, 0.15) is 25.0 Å². The summed E-state index contributed by atoms with van der Waals surface area (Å²) in [7, 11) is 0. The molecule has 5 heteroatoms. The first-order chi connectivity index (χ1) is 8.84. The number of anilines is 1. The van der Waals surface area contributed by atoms with Crippen molar-refractivity contribution >= 4 is 5.82 Å². The third-order valence-corrected chi connectivity index (χ3v) is 3.06. The molecule has 1 fully saturated rings. The van der Waals surface area contributed by atoms with Crippen LogP contribution in [0, 0.1) is 6.92 Å². The Morgan fingerprint density at radius 3 is 2.89 bits per heavy atom. The lowest BCUT2D eigenvalue weighted by Crippen LogP contribution is -2.32. The fourth-order valence-electron chi connectivity index (χ4n) is 1.99. The second-order valence-corrected chi connectivity index (χ2v) is 4.66. The maximum absolute atomic E-state index is 5.82. The number of aromatic nitrogens is 2. The number of nitrogens with zero attached hydrogens (tertiary/aromatic N) is 2. The monoisotopic (exact) mass is 250 g/mol. The third-order valence-electron chi connectivity index (χ3n) is 3.06. The number of nitrogens with one attached hydrogen (secondary N) is 2. The molecule has 100 valence electrons. The van der Waals surface area contributed by atoms with Crippen LogP contribution in [-0.4, -0.2) is 42.5 Å². The number of aryl methyl sites for hydroxylation is 1. The summed E-state index contributed by atoms with van der Waals surface area (Å²) in [6.07, 6.45) is 3.72. The summed E-state index contributed by atoms with van der Waals surface area (Å²) in [5, 5.41) is 14.6. The predicted molar refractivity (Wildman–Crippen MR) is 71.7 cm³/mol. The Balaban J connectivity index is 1.54. The molecule has 0 radical (unpaired) electrons. The van der Waals surface area contributed by atoms with Crippen molar-refractivity contribution in [3.63, 3.8) is 0 Å². The van der Waals surface area contributed by atoms with Gasteiger partial charge in [0.1, 0.15) is 5.82 Å². The Kier molecular flexibility index (Phi) is 5.36. The van der Waals surface area contributed by atoms with Crippen molar-refractivity contribution in [3.8, 4) is 0 Å². The molecule has 0 atom stereocenters. The number of piperidine rings is 1. The predicted octanol–water partition coefficient (Wildman–Crippen LogP) is 1.36. The average Bonchev–Trinajstić information content (AvgIpc) is 2.42. The highest BCUT2D eigenvalue weighted by molar-refractivity contribution is 5.32. The van der Waals surface area contributed by atoms with E-state index >= 15 is 0 Å². The zero-order chi connectivity index (χ0) is 12.6. The van der Waals surface area contributed by atoms with Gasteiger partial charge in [0, 0.05) is 13.2 Å². The molecule has 1 aromatic heterocycles. The van der Waals surface area contributed by atoms with Crippen LogP contribution in [0.3, 0.4) is 0 Å². The van der Waals surface area contributed by atoms with Crippen LogP contribution in [0.2, 0.25) is 0 Å². The van der Waals surface area contributed by atoms with Crippen LogP contribution >= 0.6 is 0 Å². The number of ether oxygens (including phenoxy) is 1. The molecule has 0 aromatic carbocycles. The van der Waals surface area contributed by atoms with Gasteiger partial charge in [-0.25, -0.2) is 0 Å². The highest BCUT2D eigenvalue weighted by Gasteiger charge is 2.12.